The molecule has 0 spiro atoms. The Labute approximate surface area is 162 Å². The highest BCUT2D eigenvalue weighted by Gasteiger charge is 2.45. The van der Waals surface area contributed by atoms with Crippen molar-refractivity contribution in [1.82, 2.24) is 4.90 Å². The summed E-state index contributed by atoms with van der Waals surface area (Å²) in [6.07, 6.45) is 0. The molecule has 0 aliphatic carbocycles. The highest BCUT2D eigenvalue weighted by molar-refractivity contribution is 6.46. The summed E-state index contributed by atoms with van der Waals surface area (Å²) in [6, 6.07) is 12.8. The van der Waals surface area contributed by atoms with Gasteiger partial charge in [0.25, 0.3) is 11.7 Å². The summed E-state index contributed by atoms with van der Waals surface area (Å²) in [5, 5.41) is 20.3. The van der Waals surface area contributed by atoms with Gasteiger partial charge in [0.1, 0.15) is 5.76 Å². The maximum Gasteiger partial charge on any atom is 0.295 e. The first-order valence-electron chi connectivity index (χ1n) is 8.70. The predicted molar refractivity (Wildman–Crippen MR) is 102 cm³/mol. The molecule has 0 bridgehead atoms. The zero-order valence-corrected chi connectivity index (χ0v) is 15.6. The summed E-state index contributed by atoms with van der Waals surface area (Å²) in [7, 11) is 2.96. The number of amides is 1. The fourth-order valence-electron chi connectivity index (χ4n) is 3.34. The Morgan fingerprint density at radius 1 is 1.04 bits per heavy atom. The Morgan fingerprint density at radius 2 is 1.71 bits per heavy atom. The first-order valence-corrected chi connectivity index (χ1v) is 8.70. The van der Waals surface area contributed by atoms with Crippen molar-refractivity contribution in [2.75, 3.05) is 27.4 Å². The van der Waals surface area contributed by atoms with E-state index >= 15 is 0 Å². The third-order valence-electron chi connectivity index (χ3n) is 4.65. The van der Waals surface area contributed by atoms with E-state index in [0.29, 0.717) is 22.6 Å². The van der Waals surface area contributed by atoms with Gasteiger partial charge >= 0.3 is 0 Å². The largest absolute Gasteiger partial charge is 0.507 e. The Morgan fingerprint density at radius 3 is 2.32 bits per heavy atom. The topological polar surface area (TPSA) is 96.3 Å². The highest BCUT2D eigenvalue weighted by Crippen LogP contribution is 2.40. The Balaban J connectivity index is 2.18. The molecule has 1 fully saturated rings. The van der Waals surface area contributed by atoms with Crippen LogP contribution in [0.1, 0.15) is 17.2 Å². The highest BCUT2D eigenvalue weighted by atomic mass is 16.5. The number of ether oxygens (including phenoxy) is 2. The number of hydrogen-bond donors (Lipinski definition) is 2. The third kappa shape index (κ3) is 3.32. The molecule has 1 atom stereocenters. The summed E-state index contributed by atoms with van der Waals surface area (Å²) in [6.45, 7) is -0.320. The van der Waals surface area contributed by atoms with Crippen molar-refractivity contribution in [3.05, 3.63) is 65.2 Å². The minimum absolute atomic E-state index is 0.0210. The summed E-state index contributed by atoms with van der Waals surface area (Å²) in [5.74, 6) is -1.01. The zero-order valence-electron chi connectivity index (χ0n) is 15.6. The molecule has 1 unspecified atom stereocenters. The lowest BCUT2D eigenvalue weighted by molar-refractivity contribution is -0.140. The van der Waals surface area contributed by atoms with E-state index in [-0.39, 0.29) is 24.5 Å². The lowest BCUT2D eigenvalue weighted by Crippen LogP contribution is -2.32. The molecule has 7 nitrogen and oxygen atoms in total. The van der Waals surface area contributed by atoms with Crippen LogP contribution in [-0.4, -0.2) is 54.2 Å². The molecule has 2 aromatic rings. The quantitative estimate of drug-likeness (QED) is 0.451. The van der Waals surface area contributed by atoms with Crippen LogP contribution in [0.5, 0.6) is 11.5 Å². The number of ketones is 1. The first kappa shape index (κ1) is 19.4. The average molecular weight is 383 g/mol. The minimum Gasteiger partial charge on any atom is -0.507 e. The molecule has 0 radical (unpaired) electrons. The van der Waals surface area contributed by atoms with Gasteiger partial charge in [-0.1, -0.05) is 30.3 Å². The molecular weight excluding hydrogens is 362 g/mol. The van der Waals surface area contributed by atoms with Crippen LogP contribution in [0.2, 0.25) is 0 Å². The van der Waals surface area contributed by atoms with Gasteiger partial charge in [-0.25, -0.2) is 0 Å². The summed E-state index contributed by atoms with van der Waals surface area (Å²) in [4.78, 5) is 26.5. The molecule has 1 aliphatic rings. The number of β-amino-alcohol motifs (C(OH)–C–C–N with tert-alkyl or cyclic N) is 1. The van der Waals surface area contributed by atoms with E-state index in [2.05, 4.69) is 0 Å². The number of benzene rings is 2. The van der Waals surface area contributed by atoms with Crippen molar-refractivity contribution >= 4 is 17.4 Å². The third-order valence-corrected chi connectivity index (χ3v) is 4.65. The Kier molecular flexibility index (Phi) is 5.65. The summed E-state index contributed by atoms with van der Waals surface area (Å²) in [5.41, 5.74) is 0.953. The van der Waals surface area contributed by atoms with Crippen LogP contribution < -0.4 is 9.47 Å². The Bertz CT molecular complexity index is 922. The molecule has 1 heterocycles. The van der Waals surface area contributed by atoms with Crippen LogP contribution in [0, 0.1) is 0 Å². The number of aliphatic hydroxyl groups excluding tert-OH is 2. The van der Waals surface area contributed by atoms with Crippen LogP contribution in [0.15, 0.2) is 54.1 Å². The van der Waals surface area contributed by atoms with Crippen molar-refractivity contribution in [3.8, 4) is 11.5 Å². The predicted octanol–water partition coefficient (Wildman–Crippen LogP) is 2.12. The lowest BCUT2D eigenvalue weighted by atomic mass is 9.95. The normalized spacial score (nSPS) is 18.4. The van der Waals surface area contributed by atoms with E-state index < -0.39 is 17.7 Å². The van der Waals surface area contributed by atoms with Crippen LogP contribution in [0.4, 0.5) is 0 Å². The van der Waals surface area contributed by atoms with Crippen molar-refractivity contribution < 1.29 is 29.3 Å². The number of aliphatic hydroxyl groups is 2. The Hall–Kier alpha value is -3.32. The van der Waals surface area contributed by atoms with Crippen molar-refractivity contribution in [3.63, 3.8) is 0 Å². The molecule has 1 saturated heterocycles. The van der Waals surface area contributed by atoms with Crippen LogP contribution in [-0.2, 0) is 9.59 Å². The fraction of sp³-hybridized carbons (Fsp3) is 0.238. The molecule has 1 aliphatic heterocycles. The van der Waals surface area contributed by atoms with Gasteiger partial charge in [-0.15, -0.1) is 0 Å². The fourth-order valence-corrected chi connectivity index (χ4v) is 3.34. The van der Waals surface area contributed by atoms with Gasteiger partial charge in [-0.3, -0.25) is 9.59 Å². The second-order valence-corrected chi connectivity index (χ2v) is 6.20. The monoisotopic (exact) mass is 383 g/mol. The molecule has 7 heteroatoms. The second kappa shape index (κ2) is 8.14. The number of methoxy groups -OCH3 is 2. The molecule has 28 heavy (non-hydrogen) atoms. The summed E-state index contributed by atoms with van der Waals surface area (Å²) < 4.78 is 10.4. The maximum absolute atomic E-state index is 12.7. The van der Waals surface area contributed by atoms with Gasteiger partial charge in [0.15, 0.2) is 11.5 Å². The van der Waals surface area contributed by atoms with E-state index in [9.17, 15) is 19.8 Å². The van der Waals surface area contributed by atoms with Crippen LogP contribution in [0.25, 0.3) is 5.76 Å². The van der Waals surface area contributed by atoms with E-state index in [1.165, 1.54) is 25.2 Å². The zero-order chi connectivity index (χ0) is 20.3. The maximum atomic E-state index is 12.7. The van der Waals surface area contributed by atoms with Crippen LogP contribution >= 0.6 is 0 Å². The van der Waals surface area contributed by atoms with E-state index in [0.717, 1.165) is 0 Å². The molecule has 2 N–H and O–H groups in total. The van der Waals surface area contributed by atoms with Gasteiger partial charge in [0.2, 0.25) is 0 Å². The number of hydrogen-bond acceptors (Lipinski definition) is 6. The number of rotatable bonds is 6. The SMILES string of the molecule is COc1ccc(/C(O)=C2/C(=O)C(=O)N(CCO)C2c2ccccc2)cc1OC. The smallest absolute Gasteiger partial charge is 0.295 e. The molecule has 0 aromatic heterocycles. The van der Waals surface area contributed by atoms with Gasteiger partial charge in [0, 0.05) is 12.1 Å². The molecule has 2 aromatic carbocycles. The molecule has 146 valence electrons. The number of carbonyl (C=O) groups is 2. The van der Waals surface area contributed by atoms with Gasteiger partial charge < -0.3 is 24.6 Å². The summed E-state index contributed by atoms with van der Waals surface area (Å²) >= 11 is 0. The second-order valence-electron chi connectivity index (χ2n) is 6.20. The molecule has 0 saturated carbocycles. The van der Waals surface area contributed by atoms with Crippen molar-refractivity contribution in [2.24, 2.45) is 0 Å². The van der Waals surface area contributed by atoms with E-state index in [4.69, 9.17) is 9.47 Å². The lowest BCUT2D eigenvalue weighted by Gasteiger charge is -2.24. The minimum atomic E-state index is -0.797. The van der Waals surface area contributed by atoms with Gasteiger partial charge in [-0.2, -0.15) is 0 Å². The van der Waals surface area contributed by atoms with E-state index in [1.807, 2.05) is 6.07 Å². The van der Waals surface area contributed by atoms with Crippen LogP contribution in [0.3, 0.4) is 0 Å². The average Bonchev–Trinajstić information content (AvgIpc) is 2.98. The number of carbonyl (C=O) groups excluding carboxylic acids is 2. The number of nitrogens with zero attached hydrogens (tertiary/aromatic N) is 1. The first-order chi connectivity index (χ1) is 13.5. The van der Waals surface area contributed by atoms with Crippen molar-refractivity contribution in [1.29, 1.82) is 0 Å². The van der Waals surface area contributed by atoms with Gasteiger partial charge in [-0.05, 0) is 23.8 Å². The molecule has 1 amide bonds. The van der Waals surface area contributed by atoms with Gasteiger partial charge in [0.05, 0.1) is 32.4 Å². The molecule has 3 rings (SSSR count). The molecular formula is C21H21NO6. The number of likely N-dealkylation sites (tertiary alicyclic amines) is 1. The number of Topliss-reactive ketones (excluding diaryl/α,β-unsaturated/α-hetero) is 1. The van der Waals surface area contributed by atoms with Crippen molar-refractivity contribution in [2.45, 2.75) is 6.04 Å². The van der Waals surface area contributed by atoms with E-state index in [1.54, 1.807) is 36.4 Å². The standard InChI is InChI=1S/C21H21NO6/c1-27-15-9-8-14(12-16(15)28-2)19(24)17-18(13-6-4-3-5-7-13)22(10-11-23)21(26)20(17)25/h3-9,12,18,23-24H,10-11H2,1-2H3/b19-17-.